The first-order valence-corrected chi connectivity index (χ1v) is 25.1. The van der Waals surface area contributed by atoms with Gasteiger partial charge < -0.3 is 15.5 Å². The summed E-state index contributed by atoms with van der Waals surface area (Å²) in [5.74, 6) is -0.0626. The molecular formula is C51H99NO3. The highest BCUT2D eigenvalue weighted by molar-refractivity contribution is 5.76. The SMILES string of the molecule is CCCCCCCCCCCCCC/C=C\CCCCCCCCCCCC(=O)NC(CO)C(O)/C=C/CCCCCCCCCCCCCCCCCC. The number of amides is 1. The van der Waals surface area contributed by atoms with Crippen molar-refractivity contribution in [3.05, 3.63) is 24.3 Å². The molecule has 0 radical (unpaired) electrons. The molecule has 0 bridgehead atoms. The van der Waals surface area contributed by atoms with Gasteiger partial charge in [0.1, 0.15) is 0 Å². The van der Waals surface area contributed by atoms with Crippen LogP contribution in [0, 0.1) is 0 Å². The Hall–Kier alpha value is -1.13. The van der Waals surface area contributed by atoms with Crippen molar-refractivity contribution in [3.63, 3.8) is 0 Å². The van der Waals surface area contributed by atoms with Crippen molar-refractivity contribution in [1.82, 2.24) is 5.32 Å². The second-order valence-electron chi connectivity index (χ2n) is 17.2. The monoisotopic (exact) mass is 774 g/mol. The zero-order valence-corrected chi connectivity index (χ0v) is 37.5. The molecule has 0 saturated heterocycles. The van der Waals surface area contributed by atoms with Gasteiger partial charge in [0.25, 0.3) is 0 Å². The number of nitrogens with one attached hydrogen (secondary N) is 1. The smallest absolute Gasteiger partial charge is 0.220 e. The van der Waals surface area contributed by atoms with Crippen LogP contribution < -0.4 is 5.32 Å². The zero-order chi connectivity index (χ0) is 40.0. The van der Waals surface area contributed by atoms with Gasteiger partial charge in [0, 0.05) is 6.42 Å². The molecule has 0 aliphatic rings. The van der Waals surface area contributed by atoms with Crippen LogP contribution in [0.5, 0.6) is 0 Å². The van der Waals surface area contributed by atoms with E-state index >= 15 is 0 Å². The molecule has 0 heterocycles. The fourth-order valence-electron chi connectivity index (χ4n) is 7.82. The average Bonchev–Trinajstić information content (AvgIpc) is 3.19. The standard InChI is InChI=1S/C51H99NO3/c1-3-5-7-9-11-13-15-17-19-21-23-24-25-26-27-28-29-31-33-35-37-39-41-43-45-47-51(55)52-49(48-53)50(54)46-44-42-40-38-36-34-32-30-22-20-18-16-14-12-10-8-6-4-2/h26-27,44,46,49-50,53-54H,3-25,28-43,45,47-48H2,1-2H3,(H,52,55)/b27-26-,46-44+. The van der Waals surface area contributed by atoms with Crippen molar-refractivity contribution in [1.29, 1.82) is 0 Å². The lowest BCUT2D eigenvalue weighted by Gasteiger charge is -2.20. The highest BCUT2D eigenvalue weighted by Crippen LogP contribution is 2.16. The molecule has 326 valence electrons. The Balaban J connectivity index is 3.51. The van der Waals surface area contributed by atoms with Gasteiger partial charge in [-0.05, 0) is 44.9 Å². The Bertz CT molecular complexity index is 795. The lowest BCUT2D eigenvalue weighted by atomic mass is 10.0. The van der Waals surface area contributed by atoms with Gasteiger partial charge in [0.05, 0.1) is 18.8 Å². The van der Waals surface area contributed by atoms with E-state index in [1.807, 2.05) is 6.08 Å². The van der Waals surface area contributed by atoms with E-state index in [9.17, 15) is 15.0 Å². The summed E-state index contributed by atoms with van der Waals surface area (Å²) in [6, 6.07) is -0.621. The number of hydrogen-bond acceptors (Lipinski definition) is 3. The maximum absolute atomic E-state index is 12.4. The minimum absolute atomic E-state index is 0.0626. The molecule has 0 aromatic heterocycles. The van der Waals surface area contributed by atoms with Gasteiger partial charge in [-0.3, -0.25) is 4.79 Å². The fraction of sp³-hybridized carbons (Fsp3) is 0.902. The van der Waals surface area contributed by atoms with Crippen molar-refractivity contribution in [2.75, 3.05) is 6.61 Å². The summed E-state index contributed by atoms with van der Waals surface area (Å²) in [4.78, 5) is 12.4. The Morgan fingerprint density at radius 1 is 0.418 bits per heavy atom. The second kappa shape index (κ2) is 47.2. The third kappa shape index (κ3) is 43.8. The van der Waals surface area contributed by atoms with Crippen molar-refractivity contribution in [2.45, 2.75) is 289 Å². The average molecular weight is 774 g/mol. The summed E-state index contributed by atoms with van der Waals surface area (Å²) in [6.07, 6.45) is 61.7. The summed E-state index contributed by atoms with van der Waals surface area (Å²) < 4.78 is 0. The molecule has 0 spiro atoms. The van der Waals surface area contributed by atoms with E-state index in [-0.39, 0.29) is 12.5 Å². The number of aliphatic hydroxyl groups excluding tert-OH is 2. The highest BCUT2D eigenvalue weighted by Gasteiger charge is 2.18. The quantitative estimate of drug-likeness (QED) is 0.0426. The lowest BCUT2D eigenvalue weighted by molar-refractivity contribution is -0.123. The molecule has 1 amide bonds. The van der Waals surface area contributed by atoms with Gasteiger partial charge >= 0.3 is 0 Å². The number of allylic oxidation sites excluding steroid dienone is 3. The van der Waals surface area contributed by atoms with Crippen LogP contribution in [0.2, 0.25) is 0 Å². The summed E-state index contributed by atoms with van der Waals surface area (Å²) in [6.45, 7) is 4.33. The maximum Gasteiger partial charge on any atom is 0.220 e. The first-order chi connectivity index (χ1) is 27.2. The molecule has 4 nitrogen and oxygen atoms in total. The van der Waals surface area contributed by atoms with Crippen molar-refractivity contribution >= 4 is 5.91 Å². The summed E-state index contributed by atoms with van der Waals surface area (Å²) in [5.41, 5.74) is 0. The molecule has 3 N–H and O–H groups in total. The molecule has 0 saturated carbocycles. The highest BCUT2D eigenvalue weighted by atomic mass is 16.3. The molecule has 55 heavy (non-hydrogen) atoms. The third-order valence-electron chi connectivity index (χ3n) is 11.7. The van der Waals surface area contributed by atoms with Crippen molar-refractivity contribution in [2.24, 2.45) is 0 Å². The third-order valence-corrected chi connectivity index (χ3v) is 11.7. The molecule has 0 rings (SSSR count). The van der Waals surface area contributed by atoms with Crippen LogP contribution in [-0.4, -0.2) is 34.9 Å². The molecule has 2 unspecified atom stereocenters. The van der Waals surface area contributed by atoms with Crippen molar-refractivity contribution < 1.29 is 15.0 Å². The van der Waals surface area contributed by atoms with Gasteiger partial charge in [-0.1, -0.05) is 250 Å². The minimum Gasteiger partial charge on any atom is -0.394 e. The molecule has 0 aliphatic carbocycles. The van der Waals surface area contributed by atoms with Crippen LogP contribution in [0.3, 0.4) is 0 Å². The van der Waals surface area contributed by atoms with Gasteiger partial charge in [0.15, 0.2) is 0 Å². The van der Waals surface area contributed by atoms with Crippen LogP contribution in [0.25, 0.3) is 0 Å². The van der Waals surface area contributed by atoms with Crippen LogP contribution in [-0.2, 0) is 4.79 Å². The number of unbranched alkanes of at least 4 members (excludes halogenated alkanes) is 37. The van der Waals surface area contributed by atoms with E-state index in [4.69, 9.17) is 0 Å². The van der Waals surface area contributed by atoms with E-state index in [2.05, 4.69) is 31.3 Å². The predicted octanol–water partition coefficient (Wildman–Crippen LogP) is 16.0. The second-order valence-corrected chi connectivity index (χ2v) is 17.2. The van der Waals surface area contributed by atoms with E-state index in [0.29, 0.717) is 6.42 Å². The van der Waals surface area contributed by atoms with Crippen LogP contribution >= 0.6 is 0 Å². The summed E-state index contributed by atoms with van der Waals surface area (Å²) >= 11 is 0. The van der Waals surface area contributed by atoms with E-state index in [1.165, 1.54) is 231 Å². The Morgan fingerprint density at radius 2 is 0.691 bits per heavy atom. The van der Waals surface area contributed by atoms with Crippen LogP contribution in [0.1, 0.15) is 277 Å². The largest absolute Gasteiger partial charge is 0.394 e. The molecule has 0 aromatic carbocycles. The van der Waals surface area contributed by atoms with E-state index < -0.39 is 12.1 Å². The number of carbonyl (C=O) groups is 1. The topological polar surface area (TPSA) is 69.6 Å². The van der Waals surface area contributed by atoms with Gasteiger partial charge in [0.2, 0.25) is 5.91 Å². The summed E-state index contributed by atoms with van der Waals surface area (Å²) in [7, 11) is 0. The fourth-order valence-corrected chi connectivity index (χ4v) is 7.82. The Labute approximate surface area is 345 Å². The first kappa shape index (κ1) is 53.9. The van der Waals surface area contributed by atoms with Gasteiger partial charge in [-0.25, -0.2) is 0 Å². The number of hydrogen-bond donors (Lipinski definition) is 3. The zero-order valence-electron chi connectivity index (χ0n) is 37.5. The molecule has 4 heteroatoms. The molecule has 0 aromatic rings. The first-order valence-electron chi connectivity index (χ1n) is 25.1. The van der Waals surface area contributed by atoms with E-state index in [0.717, 1.165) is 25.7 Å². The number of rotatable bonds is 46. The molecule has 2 atom stereocenters. The number of aliphatic hydroxyl groups is 2. The summed E-state index contributed by atoms with van der Waals surface area (Å²) in [5, 5.41) is 23.1. The normalized spacial score (nSPS) is 13.0. The van der Waals surface area contributed by atoms with Crippen LogP contribution in [0.15, 0.2) is 24.3 Å². The lowest BCUT2D eigenvalue weighted by Crippen LogP contribution is -2.45. The van der Waals surface area contributed by atoms with Gasteiger partial charge in [-0.15, -0.1) is 0 Å². The Morgan fingerprint density at radius 3 is 1.00 bits per heavy atom. The van der Waals surface area contributed by atoms with Crippen LogP contribution in [0.4, 0.5) is 0 Å². The maximum atomic E-state index is 12.4. The molecular weight excluding hydrogens is 675 g/mol. The molecule has 0 fully saturated rings. The van der Waals surface area contributed by atoms with Crippen molar-refractivity contribution in [3.8, 4) is 0 Å². The number of carbonyl (C=O) groups excluding carboxylic acids is 1. The van der Waals surface area contributed by atoms with Gasteiger partial charge in [-0.2, -0.15) is 0 Å². The van der Waals surface area contributed by atoms with E-state index in [1.54, 1.807) is 6.08 Å². The Kier molecular flexibility index (Phi) is 46.3. The molecule has 0 aliphatic heterocycles. The minimum atomic E-state index is -0.838. The predicted molar refractivity (Wildman–Crippen MR) is 244 cm³/mol.